The number of nitrogens with zero attached hydrogens (tertiary/aromatic N) is 2. The molecule has 2 aliphatic carbocycles. The molecular formula is C21H35N3O3. The molecular weight excluding hydrogens is 342 g/mol. The zero-order valence-corrected chi connectivity index (χ0v) is 17.0. The quantitative estimate of drug-likeness (QED) is 0.818. The van der Waals surface area contributed by atoms with Crippen LogP contribution in [0, 0.1) is 11.3 Å². The number of carbonyl (C=O) groups excluding carboxylic acids is 2. The van der Waals surface area contributed by atoms with Crippen LogP contribution in [0.25, 0.3) is 0 Å². The van der Waals surface area contributed by atoms with Crippen LogP contribution >= 0.6 is 0 Å². The highest BCUT2D eigenvalue weighted by molar-refractivity contribution is 5.79. The molecule has 2 saturated carbocycles. The second-order valence-electron chi connectivity index (χ2n) is 9.65. The van der Waals surface area contributed by atoms with Gasteiger partial charge in [0.25, 0.3) is 0 Å². The van der Waals surface area contributed by atoms with Crippen LogP contribution in [-0.4, -0.2) is 66.2 Å². The molecule has 0 aromatic heterocycles. The van der Waals surface area contributed by atoms with E-state index in [1.165, 1.54) is 19.3 Å². The van der Waals surface area contributed by atoms with E-state index in [-0.39, 0.29) is 23.5 Å². The Kier molecular flexibility index (Phi) is 5.12. The van der Waals surface area contributed by atoms with Gasteiger partial charge < -0.3 is 19.9 Å². The minimum absolute atomic E-state index is 0.0713. The summed E-state index contributed by atoms with van der Waals surface area (Å²) in [6.07, 6.45) is 8.82. The minimum atomic E-state index is -0.148. The van der Waals surface area contributed by atoms with Crippen molar-refractivity contribution in [3.63, 3.8) is 0 Å². The van der Waals surface area contributed by atoms with Crippen molar-refractivity contribution in [1.29, 1.82) is 0 Å². The van der Waals surface area contributed by atoms with E-state index in [1.807, 2.05) is 11.8 Å². The first kappa shape index (κ1) is 19.0. The molecule has 1 N–H and O–H groups in total. The van der Waals surface area contributed by atoms with Crippen molar-refractivity contribution in [1.82, 2.24) is 15.1 Å². The molecule has 4 rings (SSSR count). The molecule has 152 valence electrons. The molecule has 1 spiro atoms. The number of hydrogen-bond acceptors (Lipinski definition) is 4. The lowest BCUT2D eigenvalue weighted by Crippen LogP contribution is -2.56. The van der Waals surface area contributed by atoms with Crippen molar-refractivity contribution >= 4 is 12.0 Å². The third-order valence-electron chi connectivity index (χ3n) is 7.60. The molecule has 4 aliphatic rings. The maximum absolute atomic E-state index is 12.5. The molecule has 0 aromatic rings. The van der Waals surface area contributed by atoms with Crippen molar-refractivity contribution in [3.8, 4) is 0 Å². The van der Waals surface area contributed by atoms with Gasteiger partial charge in [-0.3, -0.25) is 4.79 Å². The van der Waals surface area contributed by atoms with Crippen LogP contribution in [0.15, 0.2) is 0 Å². The van der Waals surface area contributed by atoms with Crippen LogP contribution in [0.1, 0.15) is 65.2 Å². The van der Waals surface area contributed by atoms with Gasteiger partial charge in [-0.15, -0.1) is 0 Å². The number of nitrogens with one attached hydrogen (secondary N) is 1. The van der Waals surface area contributed by atoms with Gasteiger partial charge in [0, 0.05) is 30.6 Å². The molecule has 2 amide bonds. The normalized spacial score (nSPS) is 33.4. The van der Waals surface area contributed by atoms with E-state index in [2.05, 4.69) is 17.1 Å². The number of likely N-dealkylation sites (tertiary alicyclic amines) is 2. The highest BCUT2D eigenvalue weighted by Crippen LogP contribution is 2.50. The van der Waals surface area contributed by atoms with E-state index >= 15 is 0 Å². The summed E-state index contributed by atoms with van der Waals surface area (Å²) >= 11 is 0. The van der Waals surface area contributed by atoms with Crippen LogP contribution in [-0.2, 0) is 9.53 Å². The highest BCUT2D eigenvalue weighted by atomic mass is 16.6. The van der Waals surface area contributed by atoms with Crippen molar-refractivity contribution in [2.24, 2.45) is 11.3 Å². The number of amides is 2. The summed E-state index contributed by atoms with van der Waals surface area (Å²) in [4.78, 5) is 29.0. The second kappa shape index (κ2) is 7.26. The van der Waals surface area contributed by atoms with Gasteiger partial charge in [0.2, 0.25) is 5.91 Å². The average molecular weight is 378 g/mol. The number of ether oxygens (including phenoxy) is 1. The Morgan fingerprint density at radius 3 is 2.41 bits per heavy atom. The average Bonchev–Trinajstić information content (AvgIpc) is 3.05. The smallest absolute Gasteiger partial charge is 0.409 e. The Morgan fingerprint density at radius 2 is 1.81 bits per heavy atom. The van der Waals surface area contributed by atoms with Gasteiger partial charge in [0.1, 0.15) is 0 Å². The lowest BCUT2D eigenvalue weighted by molar-refractivity contribution is -0.130. The molecule has 0 radical (unpaired) electrons. The van der Waals surface area contributed by atoms with Crippen molar-refractivity contribution in [3.05, 3.63) is 0 Å². The van der Waals surface area contributed by atoms with Crippen LogP contribution < -0.4 is 5.32 Å². The van der Waals surface area contributed by atoms with Gasteiger partial charge in [-0.2, -0.15) is 0 Å². The van der Waals surface area contributed by atoms with E-state index in [0.717, 1.165) is 58.3 Å². The van der Waals surface area contributed by atoms with Gasteiger partial charge in [-0.05, 0) is 83.7 Å². The molecule has 0 bridgehead atoms. The monoisotopic (exact) mass is 377 g/mol. The molecule has 6 heteroatoms. The van der Waals surface area contributed by atoms with Crippen molar-refractivity contribution in [2.75, 3.05) is 32.8 Å². The standard InChI is InChI=1S/C21H35N3O3/c1-3-27-19(26)24-12-9-21(15-24)13-17(14-21)23-10-5-16(6-11-23)18(25)22-20(2)7-4-8-20/h16-17H,3-15H2,1-2H3,(H,22,25). The van der Waals surface area contributed by atoms with Crippen LogP contribution in [0.5, 0.6) is 0 Å². The highest BCUT2D eigenvalue weighted by Gasteiger charge is 2.51. The predicted octanol–water partition coefficient (Wildman–Crippen LogP) is 2.77. The summed E-state index contributed by atoms with van der Waals surface area (Å²) < 4.78 is 5.15. The SMILES string of the molecule is CCOC(=O)N1CCC2(CC(N3CCC(C(=O)NC4(C)CCC4)CC3)C2)C1. The lowest BCUT2D eigenvalue weighted by atomic mass is 9.64. The third-order valence-corrected chi connectivity index (χ3v) is 7.60. The van der Waals surface area contributed by atoms with Gasteiger partial charge >= 0.3 is 6.09 Å². The Labute approximate surface area is 163 Å². The minimum Gasteiger partial charge on any atom is -0.450 e. The third kappa shape index (κ3) is 3.82. The molecule has 2 heterocycles. The molecule has 2 saturated heterocycles. The zero-order chi connectivity index (χ0) is 19.1. The van der Waals surface area contributed by atoms with E-state index in [9.17, 15) is 9.59 Å². The first-order valence-corrected chi connectivity index (χ1v) is 10.9. The summed E-state index contributed by atoms with van der Waals surface area (Å²) in [6, 6.07) is 0.639. The molecule has 27 heavy (non-hydrogen) atoms. The second-order valence-corrected chi connectivity index (χ2v) is 9.65. The summed E-state index contributed by atoms with van der Waals surface area (Å²) in [5.41, 5.74) is 0.395. The molecule has 0 aromatic carbocycles. The number of rotatable bonds is 4. The van der Waals surface area contributed by atoms with E-state index < -0.39 is 0 Å². The first-order chi connectivity index (χ1) is 12.9. The van der Waals surface area contributed by atoms with Gasteiger partial charge in [-0.1, -0.05) is 0 Å². The number of carbonyl (C=O) groups is 2. The Hall–Kier alpha value is -1.30. The fourth-order valence-electron chi connectivity index (χ4n) is 5.60. The maximum Gasteiger partial charge on any atom is 0.409 e. The number of piperidine rings is 1. The fraction of sp³-hybridized carbons (Fsp3) is 0.905. The Balaban J connectivity index is 1.19. The summed E-state index contributed by atoms with van der Waals surface area (Å²) in [6.45, 7) is 8.27. The Morgan fingerprint density at radius 1 is 1.11 bits per heavy atom. The summed E-state index contributed by atoms with van der Waals surface area (Å²) in [5, 5.41) is 3.29. The largest absolute Gasteiger partial charge is 0.450 e. The Bertz CT molecular complexity index is 575. The topological polar surface area (TPSA) is 61.9 Å². The molecule has 6 nitrogen and oxygen atoms in total. The van der Waals surface area contributed by atoms with Gasteiger partial charge in [0.05, 0.1) is 6.61 Å². The van der Waals surface area contributed by atoms with Crippen LogP contribution in [0.3, 0.4) is 0 Å². The fourth-order valence-corrected chi connectivity index (χ4v) is 5.60. The first-order valence-electron chi connectivity index (χ1n) is 10.9. The number of hydrogen-bond donors (Lipinski definition) is 1. The van der Waals surface area contributed by atoms with E-state index in [1.54, 1.807) is 0 Å². The lowest BCUT2D eigenvalue weighted by Gasteiger charge is -2.51. The van der Waals surface area contributed by atoms with E-state index in [4.69, 9.17) is 4.74 Å². The maximum atomic E-state index is 12.5. The zero-order valence-electron chi connectivity index (χ0n) is 17.0. The van der Waals surface area contributed by atoms with Crippen molar-refractivity contribution < 1.29 is 14.3 Å². The van der Waals surface area contributed by atoms with Crippen molar-refractivity contribution in [2.45, 2.75) is 76.8 Å². The van der Waals surface area contributed by atoms with Crippen LogP contribution in [0.2, 0.25) is 0 Å². The summed E-state index contributed by atoms with van der Waals surface area (Å²) in [7, 11) is 0. The van der Waals surface area contributed by atoms with Gasteiger partial charge in [-0.25, -0.2) is 4.79 Å². The molecule has 0 atom stereocenters. The molecule has 0 unspecified atom stereocenters. The van der Waals surface area contributed by atoms with Gasteiger partial charge in [0.15, 0.2) is 0 Å². The molecule has 2 aliphatic heterocycles. The van der Waals surface area contributed by atoms with E-state index in [0.29, 0.717) is 18.1 Å². The molecule has 4 fully saturated rings. The van der Waals surface area contributed by atoms with Crippen LogP contribution in [0.4, 0.5) is 4.79 Å². The predicted molar refractivity (Wildman–Crippen MR) is 103 cm³/mol. The summed E-state index contributed by atoms with van der Waals surface area (Å²) in [5.74, 6) is 0.473.